The van der Waals surface area contributed by atoms with Crippen molar-refractivity contribution in [3.8, 4) is 0 Å². The molecule has 0 unspecified atom stereocenters. The van der Waals surface area contributed by atoms with E-state index in [-0.39, 0.29) is 12.0 Å². The van der Waals surface area contributed by atoms with Crippen LogP contribution in [0.4, 0.5) is 0 Å². The minimum absolute atomic E-state index is 0.0277. The molecule has 0 aliphatic heterocycles. The fraction of sp³-hybridized carbons (Fsp3) is 0.444. The molecule has 1 aliphatic rings. The van der Waals surface area contributed by atoms with E-state index < -0.39 is 0 Å². The predicted octanol–water partition coefficient (Wildman–Crippen LogP) is 1.87. The zero-order valence-corrected chi connectivity index (χ0v) is 8.21. The molecule has 0 saturated heterocycles. The Morgan fingerprint density at radius 3 is 2.83 bits per heavy atom. The highest BCUT2D eigenvalue weighted by Crippen LogP contribution is 2.48. The van der Waals surface area contributed by atoms with Crippen molar-refractivity contribution in [2.45, 2.75) is 18.3 Å². The van der Waals surface area contributed by atoms with Crippen LogP contribution in [-0.4, -0.2) is 16.7 Å². The number of aliphatic hydroxyl groups is 1. The fourth-order valence-electron chi connectivity index (χ4n) is 1.40. The number of pyridine rings is 1. The zero-order chi connectivity index (χ0) is 8.60. The van der Waals surface area contributed by atoms with Crippen molar-refractivity contribution >= 4 is 15.9 Å². The molecule has 0 amide bonds. The second kappa shape index (κ2) is 2.82. The molecule has 1 N–H and O–H groups in total. The topological polar surface area (TPSA) is 33.1 Å². The Kier molecular flexibility index (Phi) is 1.93. The molecule has 2 nitrogen and oxygen atoms in total. The maximum atomic E-state index is 9.17. The number of aliphatic hydroxyl groups excluding tert-OH is 1. The molecule has 0 bridgehead atoms. The van der Waals surface area contributed by atoms with Gasteiger partial charge in [0, 0.05) is 16.1 Å². The van der Waals surface area contributed by atoms with Gasteiger partial charge in [-0.3, -0.25) is 4.98 Å². The molecule has 1 saturated carbocycles. The Hall–Kier alpha value is -0.410. The van der Waals surface area contributed by atoms with E-state index in [9.17, 15) is 5.11 Å². The van der Waals surface area contributed by atoms with Crippen molar-refractivity contribution < 1.29 is 5.11 Å². The molecule has 0 aromatic carbocycles. The standard InChI is InChI=1S/C9H10BrNO/c10-7-2-1-5-11-8(7)9(6-12)3-4-9/h1-2,5,12H,3-4,6H2. The molecular weight excluding hydrogens is 218 g/mol. The summed E-state index contributed by atoms with van der Waals surface area (Å²) in [5, 5.41) is 9.17. The van der Waals surface area contributed by atoms with Gasteiger partial charge in [-0.25, -0.2) is 0 Å². The number of aromatic nitrogens is 1. The first-order valence-electron chi connectivity index (χ1n) is 4.00. The van der Waals surface area contributed by atoms with Gasteiger partial charge in [0.25, 0.3) is 0 Å². The summed E-state index contributed by atoms with van der Waals surface area (Å²) < 4.78 is 1.01. The number of rotatable bonds is 2. The van der Waals surface area contributed by atoms with E-state index in [1.807, 2.05) is 12.1 Å². The van der Waals surface area contributed by atoms with Gasteiger partial charge < -0.3 is 5.11 Å². The minimum Gasteiger partial charge on any atom is -0.395 e. The second-order valence-electron chi connectivity index (χ2n) is 3.27. The van der Waals surface area contributed by atoms with Gasteiger partial charge in [-0.2, -0.15) is 0 Å². The van der Waals surface area contributed by atoms with Crippen LogP contribution in [0.5, 0.6) is 0 Å². The van der Waals surface area contributed by atoms with Crippen LogP contribution in [0.1, 0.15) is 18.5 Å². The number of nitrogens with zero attached hydrogens (tertiary/aromatic N) is 1. The fourth-order valence-corrected chi connectivity index (χ4v) is 2.07. The molecule has 0 radical (unpaired) electrons. The average molecular weight is 228 g/mol. The Balaban J connectivity index is 2.40. The highest BCUT2D eigenvalue weighted by molar-refractivity contribution is 9.10. The quantitative estimate of drug-likeness (QED) is 0.838. The van der Waals surface area contributed by atoms with Gasteiger partial charge >= 0.3 is 0 Å². The summed E-state index contributed by atoms with van der Waals surface area (Å²) in [7, 11) is 0. The Labute approximate surface area is 79.8 Å². The summed E-state index contributed by atoms with van der Waals surface area (Å²) in [6.45, 7) is 0.211. The van der Waals surface area contributed by atoms with Gasteiger partial charge in [0.1, 0.15) is 0 Å². The third kappa shape index (κ3) is 1.17. The lowest BCUT2D eigenvalue weighted by atomic mass is 10.0. The number of hydrogen-bond donors (Lipinski definition) is 1. The summed E-state index contributed by atoms with van der Waals surface area (Å²) in [6, 6.07) is 3.86. The molecule has 0 spiro atoms. The van der Waals surface area contributed by atoms with Gasteiger partial charge in [0.15, 0.2) is 0 Å². The third-order valence-corrected chi connectivity index (χ3v) is 3.06. The molecule has 1 fully saturated rings. The summed E-state index contributed by atoms with van der Waals surface area (Å²) in [6.07, 6.45) is 3.88. The normalized spacial score (nSPS) is 19.2. The lowest BCUT2D eigenvalue weighted by Gasteiger charge is -2.11. The van der Waals surface area contributed by atoms with Crippen molar-refractivity contribution in [2.75, 3.05) is 6.61 Å². The molecule has 1 aliphatic carbocycles. The first-order chi connectivity index (χ1) is 5.78. The van der Waals surface area contributed by atoms with Crippen molar-refractivity contribution in [1.29, 1.82) is 0 Å². The molecule has 1 heterocycles. The molecule has 2 rings (SSSR count). The number of halogens is 1. The van der Waals surface area contributed by atoms with Crippen molar-refractivity contribution in [2.24, 2.45) is 0 Å². The molecule has 1 aromatic rings. The molecule has 0 atom stereocenters. The zero-order valence-electron chi connectivity index (χ0n) is 6.63. The second-order valence-corrected chi connectivity index (χ2v) is 4.13. The van der Waals surface area contributed by atoms with Crippen LogP contribution in [0.3, 0.4) is 0 Å². The summed E-state index contributed by atoms with van der Waals surface area (Å²) >= 11 is 3.44. The van der Waals surface area contributed by atoms with Crippen LogP contribution >= 0.6 is 15.9 Å². The van der Waals surface area contributed by atoms with Gasteiger partial charge in [0.2, 0.25) is 0 Å². The van der Waals surface area contributed by atoms with Crippen molar-refractivity contribution in [1.82, 2.24) is 4.98 Å². The van der Waals surface area contributed by atoms with Gasteiger partial charge in [-0.15, -0.1) is 0 Å². The summed E-state index contributed by atoms with van der Waals surface area (Å²) in [4.78, 5) is 4.28. The molecule has 1 aromatic heterocycles. The van der Waals surface area contributed by atoms with Crippen molar-refractivity contribution in [3.05, 3.63) is 28.5 Å². The highest BCUT2D eigenvalue weighted by Gasteiger charge is 2.46. The highest BCUT2D eigenvalue weighted by atomic mass is 79.9. The summed E-state index contributed by atoms with van der Waals surface area (Å²) in [5.74, 6) is 0. The van der Waals surface area contributed by atoms with E-state index in [2.05, 4.69) is 20.9 Å². The molecule has 3 heteroatoms. The lowest BCUT2D eigenvalue weighted by molar-refractivity contribution is 0.252. The lowest BCUT2D eigenvalue weighted by Crippen LogP contribution is -2.14. The van der Waals surface area contributed by atoms with E-state index in [4.69, 9.17) is 0 Å². The molecule has 12 heavy (non-hydrogen) atoms. The van der Waals surface area contributed by atoms with Crippen LogP contribution in [0.15, 0.2) is 22.8 Å². The Morgan fingerprint density at radius 2 is 2.33 bits per heavy atom. The van der Waals surface area contributed by atoms with E-state index in [0.717, 1.165) is 23.0 Å². The third-order valence-electron chi connectivity index (χ3n) is 2.42. The monoisotopic (exact) mass is 227 g/mol. The molecular formula is C9H10BrNO. The van der Waals surface area contributed by atoms with E-state index in [1.54, 1.807) is 6.20 Å². The van der Waals surface area contributed by atoms with Gasteiger partial charge in [-0.1, -0.05) is 0 Å². The SMILES string of the molecule is OCC1(c2ncccc2Br)CC1. The predicted molar refractivity (Wildman–Crippen MR) is 49.9 cm³/mol. The summed E-state index contributed by atoms with van der Waals surface area (Å²) in [5.41, 5.74) is 0.979. The Morgan fingerprint density at radius 1 is 1.58 bits per heavy atom. The average Bonchev–Trinajstić information content (AvgIpc) is 2.86. The van der Waals surface area contributed by atoms with Gasteiger partial charge in [-0.05, 0) is 40.9 Å². The van der Waals surface area contributed by atoms with Gasteiger partial charge in [0.05, 0.1) is 12.3 Å². The van der Waals surface area contributed by atoms with E-state index >= 15 is 0 Å². The van der Waals surface area contributed by atoms with Crippen LogP contribution in [0.25, 0.3) is 0 Å². The number of hydrogen-bond acceptors (Lipinski definition) is 2. The van der Waals surface area contributed by atoms with E-state index in [1.165, 1.54) is 0 Å². The van der Waals surface area contributed by atoms with Crippen LogP contribution < -0.4 is 0 Å². The van der Waals surface area contributed by atoms with Crippen molar-refractivity contribution in [3.63, 3.8) is 0 Å². The van der Waals surface area contributed by atoms with Crippen LogP contribution in [0, 0.1) is 0 Å². The minimum atomic E-state index is -0.0277. The largest absolute Gasteiger partial charge is 0.395 e. The maximum absolute atomic E-state index is 9.17. The Bertz CT molecular complexity index is 296. The maximum Gasteiger partial charge on any atom is 0.0630 e. The van der Waals surface area contributed by atoms with E-state index in [0.29, 0.717) is 0 Å². The smallest absolute Gasteiger partial charge is 0.0630 e. The first kappa shape index (κ1) is 8.20. The van der Waals surface area contributed by atoms with Crippen LogP contribution in [-0.2, 0) is 5.41 Å². The molecule has 64 valence electrons. The first-order valence-corrected chi connectivity index (χ1v) is 4.80. The van der Waals surface area contributed by atoms with Crippen LogP contribution in [0.2, 0.25) is 0 Å².